The van der Waals surface area contributed by atoms with Crippen molar-refractivity contribution in [1.29, 1.82) is 0 Å². The number of hydrogen-bond donors (Lipinski definition) is 0. The van der Waals surface area contributed by atoms with Crippen LogP contribution >= 0.6 is 24.8 Å². The van der Waals surface area contributed by atoms with Crippen molar-refractivity contribution in [2.75, 3.05) is 32.7 Å². The number of fused-ring (bicyclic) bond motifs is 1. The molecule has 4 rings (SSSR count). The molecule has 0 unspecified atom stereocenters. The number of benzene rings is 2. The summed E-state index contributed by atoms with van der Waals surface area (Å²) in [5.74, 6) is 0. The molecule has 0 bridgehead atoms. The van der Waals surface area contributed by atoms with E-state index in [1.807, 2.05) is 0 Å². The molecule has 0 aromatic heterocycles. The lowest BCUT2D eigenvalue weighted by Gasteiger charge is -2.38. The van der Waals surface area contributed by atoms with Gasteiger partial charge in [0.2, 0.25) is 0 Å². The smallest absolute Gasteiger partial charge is 0.0177 e. The molecule has 1 fully saturated rings. The summed E-state index contributed by atoms with van der Waals surface area (Å²) in [6, 6.07) is 20.6. The van der Waals surface area contributed by atoms with Gasteiger partial charge in [0, 0.05) is 32.2 Å². The highest BCUT2D eigenvalue weighted by molar-refractivity contribution is 5.85. The SMILES string of the molecule is Cl.Cl.c1ccc(CCCN2CCN(C3Cc4ccccc4C3)CC2)cc1. The van der Waals surface area contributed by atoms with Gasteiger partial charge in [0.15, 0.2) is 0 Å². The van der Waals surface area contributed by atoms with Crippen LogP contribution in [0.5, 0.6) is 0 Å². The van der Waals surface area contributed by atoms with Crippen LogP contribution in [0.15, 0.2) is 54.6 Å². The molecule has 1 heterocycles. The zero-order chi connectivity index (χ0) is 16.2. The van der Waals surface area contributed by atoms with E-state index in [2.05, 4.69) is 64.4 Å². The van der Waals surface area contributed by atoms with Gasteiger partial charge in [0.1, 0.15) is 0 Å². The lowest BCUT2D eigenvalue weighted by Crippen LogP contribution is -2.50. The molecule has 142 valence electrons. The Morgan fingerprint density at radius 1 is 0.731 bits per heavy atom. The van der Waals surface area contributed by atoms with E-state index in [1.54, 1.807) is 11.1 Å². The van der Waals surface area contributed by atoms with E-state index in [1.165, 1.54) is 64.0 Å². The fourth-order valence-electron chi connectivity index (χ4n) is 4.30. The van der Waals surface area contributed by atoms with E-state index in [0.717, 1.165) is 6.04 Å². The van der Waals surface area contributed by atoms with Gasteiger partial charge in [-0.2, -0.15) is 0 Å². The molecule has 2 aromatic carbocycles. The number of rotatable bonds is 5. The van der Waals surface area contributed by atoms with Gasteiger partial charge in [0.25, 0.3) is 0 Å². The minimum absolute atomic E-state index is 0. The van der Waals surface area contributed by atoms with Crippen molar-refractivity contribution in [2.45, 2.75) is 31.7 Å². The first-order chi connectivity index (χ1) is 11.9. The van der Waals surface area contributed by atoms with Crippen molar-refractivity contribution in [1.82, 2.24) is 9.80 Å². The number of aryl methyl sites for hydroxylation is 1. The third-order valence-electron chi connectivity index (χ3n) is 5.74. The van der Waals surface area contributed by atoms with E-state index >= 15 is 0 Å². The van der Waals surface area contributed by atoms with Crippen molar-refractivity contribution < 1.29 is 0 Å². The van der Waals surface area contributed by atoms with E-state index in [0.29, 0.717) is 0 Å². The minimum Gasteiger partial charge on any atom is -0.301 e. The molecule has 1 saturated heterocycles. The molecule has 0 N–H and O–H groups in total. The average Bonchev–Trinajstić information content (AvgIpc) is 3.07. The molecular weight excluding hydrogens is 363 g/mol. The van der Waals surface area contributed by atoms with E-state index in [-0.39, 0.29) is 24.8 Å². The van der Waals surface area contributed by atoms with Crippen molar-refractivity contribution in [3.05, 3.63) is 71.3 Å². The molecule has 0 saturated carbocycles. The molecular formula is C22H30Cl2N2. The Morgan fingerprint density at radius 2 is 1.31 bits per heavy atom. The average molecular weight is 393 g/mol. The number of hydrogen-bond acceptors (Lipinski definition) is 2. The molecule has 4 heteroatoms. The second kappa shape index (κ2) is 10.3. The van der Waals surface area contributed by atoms with Crippen molar-refractivity contribution >= 4 is 24.8 Å². The summed E-state index contributed by atoms with van der Waals surface area (Å²) in [7, 11) is 0. The molecule has 2 aromatic rings. The molecule has 1 aliphatic carbocycles. The second-order valence-corrected chi connectivity index (χ2v) is 7.30. The predicted octanol–water partition coefficient (Wildman–Crippen LogP) is 4.25. The summed E-state index contributed by atoms with van der Waals surface area (Å²) < 4.78 is 0. The van der Waals surface area contributed by atoms with Crippen LogP contribution in [0.3, 0.4) is 0 Å². The summed E-state index contributed by atoms with van der Waals surface area (Å²) in [6.07, 6.45) is 4.99. The Bertz CT molecular complexity index is 629. The summed E-state index contributed by atoms with van der Waals surface area (Å²) in [6.45, 7) is 6.20. The molecule has 0 radical (unpaired) electrons. The van der Waals surface area contributed by atoms with Crippen LogP contribution in [-0.4, -0.2) is 48.6 Å². The highest BCUT2D eigenvalue weighted by Gasteiger charge is 2.28. The zero-order valence-electron chi connectivity index (χ0n) is 15.3. The van der Waals surface area contributed by atoms with E-state index in [4.69, 9.17) is 0 Å². The summed E-state index contributed by atoms with van der Waals surface area (Å²) >= 11 is 0. The van der Waals surface area contributed by atoms with Crippen LogP contribution < -0.4 is 0 Å². The Morgan fingerprint density at radius 3 is 1.92 bits per heavy atom. The van der Waals surface area contributed by atoms with Crippen LogP contribution in [0.25, 0.3) is 0 Å². The quantitative estimate of drug-likeness (QED) is 0.750. The molecule has 0 atom stereocenters. The van der Waals surface area contributed by atoms with Crippen LogP contribution in [0, 0.1) is 0 Å². The molecule has 0 spiro atoms. The fraction of sp³-hybridized carbons (Fsp3) is 0.455. The van der Waals surface area contributed by atoms with Crippen molar-refractivity contribution in [3.63, 3.8) is 0 Å². The van der Waals surface area contributed by atoms with Crippen molar-refractivity contribution in [3.8, 4) is 0 Å². The topological polar surface area (TPSA) is 6.48 Å². The Kier molecular flexibility index (Phi) is 8.43. The highest BCUT2D eigenvalue weighted by atomic mass is 35.5. The van der Waals surface area contributed by atoms with Gasteiger partial charge in [-0.1, -0.05) is 54.6 Å². The fourth-order valence-corrected chi connectivity index (χ4v) is 4.30. The molecule has 26 heavy (non-hydrogen) atoms. The molecule has 2 aliphatic rings. The lowest BCUT2D eigenvalue weighted by molar-refractivity contribution is 0.0985. The van der Waals surface area contributed by atoms with Crippen molar-refractivity contribution in [2.24, 2.45) is 0 Å². The third kappa shape index (κ3) is 5.23. The number of nitrogens with zero attached hydrogens (tertiary/aromatic N) is 2. The summed E-state index contributed by atoms with van der Waals surface area (Å²) in [5, 5.41) is 0. The van der Waals surface area contributed by atoms with Gasteiger partial charge < -0.3 is 4.90 Å². The first-order valence-electron chi connectivity index (χ1n) is 9.45. The van der Waals surface area contributed by atoms with Gasteiger partial charge >= 0.3 is 0 Å². The largest absolute Gasteiger partial charge is 0.301 e. The minimum atomic E-state index is 0. The van der Waals surface area contributed by atoms with Gasteiger partial charge in [-0.05, 0) is 48.9 Å². The van der Waals surface area contributed by atoms with E-state index in [9.17, 15) is 0 Å². The van der Waals surface area contributed by atoms with Crippen LogP contribution in [-0.2, 0) is 19.3 Å². The maximum absolute atomic E-state index is 2.73. The van der Waals surface area contributed by atoms with Gasteiger partial charge in [-0.25, -0.2) is 0 Å². The maximum atomic E-state index is 2.73. The molecule has 1 aliphatic heterocycles. The predicted molar refractivity (Wildman–Crippen MR) is 115 cm³/mol. The van der Waals surface area contributed by atoms with Gasteiger partial charge in [-0.15, -0.1) is 24.8 Å². The standard InChI is InChI=1S/C22H28N2.2ClH/c1-2-7-19(8-3-1)9-6-12-23-13-15-24(16-14-23)22-17-20-10-4-5-11-21(20)18-22;;/h1-5,7-8,10-11,22H,6,9,12-18H2;2*1H. The zero-order valence-corrected chi connectivity index (χ0v) is 17.0. The summed E-state index contributed by atoms with van der Waals surface area (Å²) in [4.78, 5) is 5.38. The molecule has 0 amide bonds. The Hall–Kier alpha value is -1.06. The maximum Gasteiger partial charge on any atom is 0.0177 e. The Labute approximate surface area is 170 Å². The Balaban J connectivity index is 0.00000121. The first kappa shape index (κ1) is 21.2. The summed E-state index contributed by atoms with van der Waals surface area (Å²) in [5.41, 5.74) is 4.63. The van der Waals surface area contributed by atoms with Crippen LogP contribution in [0.2, 0.25) is 0 Å². The number of piperazine rings is 1. The van der Waals surface area contributed by atoms with Crippen LogP contribution in [0.1, 0.15) is 23.1 Å². The van der Waals surface area contributed by atoms with E-state index < -0.39 is 0 Å². The first-order valence-corrected chi connectivity index (χ1v) is 9.45. The third-order valence-corrected chi connectivity index (χ3v) is 5.74. The lowest BCUT2D eigenvalue weighted by atomic mass is 10.1. The monoisotopic (exact) mass is 392 g/mol. The van der Waals surface area contributed by atoms with Crippen LogP contribution in [0.4, 0.5) is 0 Å². The highest BCUT2D eigenvalue weighted by Crippen LogP contribution is 2.26. The van der Waals surface area contributed by atoms with Gasteiger partial charge in [0.05, 0.1) is 0 Å². The second-order valence-electron chi connectivity index (χ2n) is 7.30. The van der Waals surface area contributed by atoms with Gasteiger partial charge in [-0.3, -0.25) is 4.90 Å². The normalized spacial score (nSPS) is 18.0. The number of halogens is 2. The molecule has 2 nitrogen and oxygen atoms in total.